The van der Waals surface area contributed by atoms with Crippen LogP contribution in [0.25, 0.3) is 5.82 Å². The molecule has 2 aromatic rings. The molecule has 0 unspecified atom stereocenters. The smallest absolute Gasteiger partial charge is 0.309 e. The molecule has 0 aliphatic carbocycles. The van der Waals surface area contributed by atoms with Crippen LogP contribution < -0.4 is 5.32 Å². The Morgan fingerprint density at radius 3 is 2.65 bits per heavy atom. The second-order valence-corrected chi connectivity index (χ2v) is 4.69. The molecule has 1 N–H and O–H groups in total. The largest absolute Gasteiger partial charge is 0.419 e. The van der Waals surface area contributed by atoms with Crippen LogP contribution in [-0.4, -0.2) is 20.8 Å². The molecule has 108 valence electrons. The van der Waals surface area contributed by atoms with E-state index in [2.05, 4.69) is 15.4 Å². The number of nitrogens with one attached hydrogen (secondary N) is 1. The maximum Gasteiger partial charge on any atom is 0.419 e. The molecule has 2 rings (SSSR count). The first kappa shape index (κ1) is 14.5. The Balaban J connectivity index is 2.20. The Kier molecular flexibility index (Phi) is 4.08. The van der Waals surface area contributed by atoms with Crippen LogP contribution in [0.4, 0.5) is 13.2 Å². The Morgan fingerprint density at radius 2 is 2.05 bits per heavy atom. The van der Waals surface area contributed by atoms with Gasteiger partial charge in [0.2, 0.25) is 0 Å². The molecule has 0 fully saturated rings. The number of rotatable bonds is 4. The third-order valence-electron chi connectivity index (χ3n) is 2.63. The van der Waals surface area contributed by atoms with E-state index in [-0.39, 0.29) is 0 Å². The van der Waals surface area contributed by atoms with Gasteiger partial charge in [-0.2, -0.15) is 18.3 Å². The fraction of sp³-hybridized carbons (Fsp3) is 0.385. The summed E-state index contributed by atoms with van der Waals surface area (Å²) in [4.78, 5) is 4.28. The molecule has 2 heterocycles. The number of halogens is 3. The highest BCUT2D eigenvalue weighted by Gasteiger charge is 2.32. The van der Waals surface area contributed by atoms with Crippen molar-refractivity contribution in [2.24, 2.45) is 0 Å². The minimum Gasteiger partial charge on any atom is -0.309 e. The molecule has 0 saturated carbocycles. The predicted octanol–water partition coefficient (Wildman–Crippen LogP) is 2.78. The van der Waals surface area contributed by atoms with Gasteiger partial charge in [-0.15, -0.1) is 0 Å². The summed E-state index contributed by atoms with van der Waals surface area (Å²) in [6.07, 6.45) is -2.67. The molecule has 0 aliphatic rings. The molecule has 0 atom stereocenters. The van der Waals surface area contributed by atoms with Gasteiger partial charge in [0.1, 0.15) is 0 Å². The van der Waals surface area contributed by atoms with Gasteiger partial charge in [0.15, 0.2) is 5.82 Å². The lowest BCUT2D eigenvalue weighted by Gasteiger charge is -2.08. The first-order valence-electron chi connectivity index (χ1n) is 6.18. The number of nitrogens with zero attached hydrogens (tertiary/aromatic N) is 3. The van der Waals surface area contributed by atoms with E-state index in [1.807, 2.05) is 19.9 Å². The topological polar surface area (TPSA) is 42.7 Å². The molecule has 0 aromatic carbocycles. The van der Waals surface area contributed by atoms with E-state index in [1.54, 1.807) is 12.1 Å². The first-order chi connectivity index (χ1) is 9.36. The standard InChI is InChI=1S/C13H15F3N4/c1-9(2)17-7-11-4-3-5-12(19-11)20-8-10(6-18-20)13(14,15)16/h3-6,8-9,17H,7H2,1-2H3. The summed E-state index contributed by atoms with van der Waals surface area (Å²) in [6, 6.07) is 5.48. The maximum atomic E-state index is 12.5. The van der Waals surface area contributed by atoms with E-state index in [9.17, 15) is 13.2 Å². The molecule has 2 aromatic heterocycles. The Hall–Kier alpha value is -1.89. The van der Waals surface area contributed by atoms with Crippen molar-refractivity contribution >= 4 is 0 Å². The van der Waals surface area contributed by atoms with E-state index < -0.39 is 11.7 Å². The van der Waals surface area contributed by atoms with Crippen LogP contribution in [0.5, 0.6) is 0 Å². The lowest BCUT2D eigenvalue weighted by molar-refractivity contribution is -0.137. The van der Waals surface area contributed by atoms with Crippen LogP contribution in [0.15, 0.2) is 30.6 Å². The minimum absolute atomic E-state index is 0.307. The van der Waals surface area contributed by atoms with Gasteiger partial charge in [0, 0.05) is 18.8 Å². The third kappa shape index (κ3) is 3.57. The number of pyridine rings is 1. The summed E-state index contributed by atoms with van der Waals surface area (Å²) in [5.41, 5.74) is -0.0368. The zero-order valence-electron chi connectivity index (χ0n) is 11.1. The van der Waals surface area contributed by atoms with Crippen molar-refractivity contribution < 1.29 is 13.2 Å². The maximum absolute atomic E-state index is 12.5. The zero-order valence-corrected chi connectivity index (χ0v) is 11.1. The van der Waals surface area contributed by atoms with E-state index in [0.29, 0.717) is 18.4 Å². The highest BCUT2D eigenvalue weighted by molar-refractivity contribution is 5.25. The lowest BCUT2D eigenvalue weighted by atomic mass is 10.3. The Labute approximate surface area is 114 Å². The van der Waals surface area contributed by atoms with Crippen molar-refractivity contribution in [3.05, 3.63) is 41.9 Å². The second kappa shape index (κ2) is 5.62. The van der Waals surface area contributed by atoms with Gasteiger partial charge in [0.25, 0.3) is 0 Å². The van der Waals surface area contributed by atoms with Crippen LogP contribution in [0.1, 0.15) is 25.1 Å². The van der Waals surface area contributed by atoms with E-state index in [4.69, 9.17) is 0 Å². The molecule has 0 spiro atoms. The summed E-state index contributed by atoms with van der Waals surface area (Å²) in [7, 11) is 0. The fourth-order valence-electron chi connectivity index (χ4n) is 1.60. The van der Waals surface area contributed by atoms with E-state index >= 15 is 0 Å². The van der Waals surface area contributed by atoms with Crippen molar-refractivity contribution in [2.45, 2.75) is 32.6 Å². The van der Waals surface area contributed by atoms with Crippen LogP contribution in [0.2, 0.25) is 0 Å². The zero-order chi connectivity index (χ0) is 14.8. The number of hydrogen-bond acceptors (Lipinski definition) is 3. The summed E-state index contributed by atoms with van der Waals surface area (Å²) in [6.45, 7) is 4.57. The van der Waals surface area contributed by atoms with Gasteiger partial charge in [0.05, 0.1) is 17.5 Å². The number of aromatic nitrogens is 3. The monoisotopic (exact) mass is 284 g/mol. The van der Waals surface area contributed by atoms with Crippen LogP contribution >= 0.6 is 0 Å². The molecule has 0 aliphatic heterocycles. The summed E-state index contributed by atoms with van der Waals surface area (Å²) < 4.78 is 38.7. The van der Waals surface area contributed by atoms with Crippen molar-refractivity contribution in [1.29, 1.82) is 0 Å². The molecular formula is C13H15F3N4. The average molecular weight is 284 g/mol. The van der Waals surface area contributed by atoms with Gasteiger partial charge in [-0.25, -0.2) is 9.67 Å². The fourth-order valence-corrected chi connectivity index (χ4v) is 1.60. The van der Waals surface area contributed by atoms with Crippen LogP contribution in [-0.2, 0) is 12.7 Å². The minimum atomic E-state index is -4.39. The van der Waals surface area contributed by atoms with Gasteiger partial charge in [-0.1, -0.05) is 19.9 Å². The van der Waals surface area contributed by atoms with Crippen molar-refractivity contribution in [3.8, 4) is 5.82 Å². The number of alkyl halides is 3. The van der Waals surface area contributed by atoms with E-state index in [1.165, 1.54) is 0 Å². The van der Waals surface area contributed by atoms with Gasteiger partial charge in [-0.3, -0.25) is 0 Å². The van der Waals surface area contributed by atoms with Crippen LogP contribution in [0.3, 0.4) is 0 Å². The molecule has 20 heavy (non-hydrogen) atoms. The van der Waals surface area contributed by atoms with Crippen molar-refractivity contribution in [2.75, 3.05) is 0 Å². The van der Waals surface area contributed by atoms with Crippen LogP contribution in [0, 0.1) is 0 Å². The lowest BCUT2D eigenvalue weighted by Crippen LogP contribution is -2.22. The summed E-state index contributed by atoms with van der Waals surface area (Å²) in [5, 5.41) is 6.90. The van der Waals surface area contributed by atoms with E-state index in [0.717, 1.165) is 22.8 Å². The third-order valence-corrected chi connectivity index (χ3v) is 2.63. The Bertz CT molecular complexity index is 575. The summed E-state index contributed by atoms with van der Waals surface area (Å²) >= 11 is 0. The van der Waals surface area contributed by atoms with Crippen molar-refractivity contribution in [1.82, 2.24) is 20.1 Å². The van der Waals surface area contributed by atoms with Gasteiger partial charge < -0.3 is 5.32 Å². The molecule has 0 bridgehead atoms. The quantitative estimate of drug-likeness (QED) is 0.938. The molecule has 0 radical (unpaired) electrons. The van der Waals surface area contributed by atoms with Gasteiger partial charge >= 0.3 is 6.18 Å². The number of hydrogen-bond donors (Lipinski definition) is 1. The molecule has 7 heteroatoms. The Morgan fingerprint density at radius 1 is 1.30 bits per heavy atom. The highest BCUT2D eigenvalue weighted by Crippen LogP contribution is 2.28. The normalized spacial score (nSPS) is 12.1. The van der Waals surface area contributed by atoms with Gasteiger partial charge in [-0.05, 0) is 12.1 Å². The molecular weight excluding hydrogens is 269 g/mol. The second-order valence-electron chi connectivity index (χ2n) is 4.69. The summed E-state index contributed by atoms with van der Waals surface area (Å²) in [5.74, 6) is 0.364. The average Bonchev–Trinajstić information content (AvgIpc) is 2.86. The first-order valence-corrected chi connectivity index (χ1v) is 6.18. The van der Waals surface area contributed by atoms with Crippen molar-refractivity contribution in [3.63, 3.8) is 0 Å². The molecule has 0 saturated heterocycles. The highest BCUT2D eigenvalue weighted by atomic mass is 19.4. The predicted molar refractivity (Wildman–Crippen MR) is 68.3 cm³/mol. The molecule has 0 amide bonds. The molecule has 4 nitrogen and oxygen atoms in total. The SMILES string of the molecule is CC(C)NCc1cccc(-n2cc(C(F)(F)F)cn2)n1.